The Labute approximate surface area is 114 Å². The molecule has 102 valence electrons. The standard InChI is InChI=1S/C15H21N3O/c1-12-10-14(18(2)17-12)11-16-9-8-13-6-4-5-7-15(13)19-3/h4-7,10,16H,8-9,11H2,1-3H3. The number of hydrogen-bond acceptors (Lipinski definition) is 3. The van der Waals surface area contributed by atoms with Crippen LogP contribution in [0.4, 0.5) is 0 Å². The Morgan fingerprint density at radius 3 is 2.79 bits per heavy atom. The molecule has 4 nitrogen and oxygen atoms in total. The van der Waals surface area contributed by atoms with Crippen molar-refractivity contribution in [2.45, 2.75) is 19.9 Å². The van der Waals surface area contributed by atoms with Crippen LogP contribution in [-0.4, -0.2) is 23.4 Å². The highest BCUT2D eigenvalue weighted by atomic mass is 16.5. The van der Waals surface area contributed by atoms with Crippen molar-refractivity contribution in [3.63, 3.8) is 0 Å². The molecule has 2 rings (SSSR count). The maximum Gasteiger partial charge on any atom is 0.122 e. The molecule has 0 fully saturated rings. The zero-order chi connectivity index (χ0) is 13.7. The van der Waals surface area contributed by atoms with Crippen LogP contribution in [0, 0.1) is 6.92 Å². The predicted molar refractivity (Wildman–Crippen MR) is 76.3 cm³/mol. The Morgan fingerprint density at radius 2 is 2.11 bits per heavy atom. The largest absolute Gasteiger partial charge is 0.496 e. The fourth-order valence-electron chi connectivity index (χ4n) is 2.18. The van der Waals surface area contributed by atoms with Gasteiger partial charge in [-0.15, -0.1) is 0 Å². The van der Waals surface area contributed by atoms with Gasteiger partial charge >= 0.3 is 0 Å². The summed E-state index contributed by atoms with van der Waals surface area (Å²) in [4.78, 5) is 0. The molecular weight excluding hydrogens is 238 g/mol. The number of aromatic nitrogens is 2. The summed E-state index contributed by atoms with van der Waals surface area (Å²) in [5.41, 5.74) is 3.50. The van der Waals surface area contributed by atoms with Gasteiger partial charge in [-0.3, -0.25) is 4.68 Å². The topological polar surface area (TPSA) is 39.1 Å². The molecule has 0 radical (unpaired) electrons. The Bertz CT molecular complexity index is 534. The van der Waals surface area contributed by atoms with Gasteiger partial charge in [0.25, 0.3) is 0 Å². The van der Waals surface area contributed by atoms with Gasteiger partial charge in [-0.25, -0.2) is 0 Å². The minimum absolute atomic E-state index is 0.840. The highest BCUT2D eigenvalue weighted by Gasteiger charge is 2.03. The van der Waals surface area contributed by atoms with Crippen molar-refractivity contribution in [2.24, 2.45) is 7.05 Å². The summed E-state index contributed by atoms with van der Waals surface area (Å²) < 4.78 is 7.26. The smallest absolute Gasteiger partial charge is 0.122 e. The van der Waals surface area contributed by atoms with Gasteiger partial charge in [0, 0.05) is 13.6 Å². The number of hydrogen-bond donors (Lipinski definition) is 1. The van der Waals surface area contributed by atoms with Crippen LogP contribution in [0.2, 0.25) is 0 Å². The van der Waals surface area contributed by atoms with E-state index in [1.165, 1.54) is 11.3 Å². The van der Waals surface area contributed by atoms with E-state index in [0.717, 1.165) is 31.0 Å². The zero-order valence-electron chi connectivity index (χ0n) is 11.8. The Hall–Kier alpha value is -1.81. The van der Waals surface area contributed by atoms with Crippen molar-refractivity contribution < 1.29 is 4.74 Å². The van der Waals surface area contributed by atoms with Crippen LogP contribution < -0.4 is 10.1 Å². The molecule has 0 aliphatic rings. The Morgan fingerprint density at radius 1 is 1.32 bits per heavy atom. The van der Waals surface area contributed by atoms with E-state index in [1.807, 2.05) is 36.9 Å². The third-order valence-electron chi connectivity index (χ3n) is 3.17. The summed E-state index contributed by atoms with van der Waals surface area (Å²) in [5, 5.41) is 7.77. The maximum absolute atomic E-state index is 5.34. The number of methoxy groups -OCH3 is 1. The second kappa shape index (κ2) is 6.38. The number of benzene rings is 1. The van der Waals surface area contributed by atoms with Crippen molar-refractivity contribution in [1.29, 1.82) is 0 Å². The number of nitrogens with one attached hydrogen (secondary N) is 1. The van der Waals surface area contributed by atoms with Gasteiger partial charge in [0.1, 0.15) is 5.75 Å². The molecule has 19 heavy (non-hydrogen) atoms. The number of nitrogens with zero attached hydrogens (tertiary/aromatic N) is 2. The number of ether oxygens (including phenoxy) is 1. The predicted octanol–water partition coefficient (Wildman–Crippen LogP) is 2.07. The Balaban J connectivity index is 1.82. The SMILES string of the molecule is COc1ccccc1CCNCc1cc(C)nn1C. The quantitative estimate of drug-likeness (QED) is 0.807. The van der Waals surface area contributed by atoms with Crippen LogP contribution in [0.3, 0.4) is 0 Å². The van der Waals surface area contributed by atoms with Gasteiger partial charge in [-0.1, -0.05) is 18.2 Å². The van der Waals surface area contributed by atoms with Gasteiger partial charge in [0.05, 0.1) is 18.5 Å². The molecule has 1 N–H and O–H groups in total. The summed E-state index contributed by atoms with van der Waals surface area (Å²) in [6.45, 7) is 3.77. The molecule has 0 aliphatic heterocycles. The fourth-order valence-corrected chi connectivity index (χ4v) is 2.18. The minimum atomic E-state index is 0.840. The molecule has 0 unspecified atom stereocenters. The molecule has 0 aliphatic carbocycles. The monoisotopic (exact) mass is 259 g/mol. The van der Waals surface area contributed by atoms with Crippen LogP contribution in [0.5, 0.6) is 5.75 Å². The highest BCUT2D eigenvalue weighted by molar-refractivity contribution is 5.33. The van der Waals surface area contributed by atoms with Crippen LogP contribution in [0.1, 0.15) is 17.0 Å². The van der Waals surface area contributed by atoms with Crippen molar-refractivity contribution in [2.75, 3.05) is 13.7 Å². The number of aryl methyl sites for hydroxylation is 2. The number of rotatable bonds is 6. The third kappa shape index (κ3) is 3.58. The average Bonchev–Trinajstić information content (AvgIpc) is 2.73. The van der Waals surface area contributed by atoms with Gasteiger partial charge in [-0.05, 0) is 37.6 Å². The second-order valence-electron chi connectivity index (χ2n) is 4.64. The lowest BCUT2D eigenvalue weighted by Gasteiger charge is -2.09. The van der Waals surface area contributed by atoms with E-state index in [4.69, 9.17) is 4.74 Å². The van der Waals surface area contributed by atoms with Gasteiger partial charge in [-0.2, -0.15) is 5.10 Å². The van der Waals surface area contributed by atoms with Crippen molar-refractivity contribution in [1.82, 2.24) is 15.1 Å². The average molecular weight is 259 g/mol. The first-order chi connectivity index (χ1) is 9.20. The van der Waals surface area contributed by atoms with Crippen molar-refractivity contribution >= 4 is 0 Å². The van der Waals surface area contributed by atoms with E-state index in [9.17, 15) is 0 Å². The third-order valence-corrected chi connectivity index (χ3v) is 3.17. The van der Waals surface area contributed by atoms with Gasteiger partial charge < -0.3 is 10.1 Å². The molecule has 0 atom stereocenters. The normalized spacial score (nSPS) is 10.7. The molecule has 0 saturated heterocycles. The summed E-state index contributed by atoms with van der Waals surface area (Å²) in [5.74, 6) is 0.959. The van der Waals surface area contributed by atoms with Gasteiger partial charge in [0.2, 0.25) is 0 Å². The summed E-state index contributed by atoms with van der Waals surface area (Å²) >= 11 is 0. The summed E-state index contributed by atoms with van der Waals surface area (Å²) in [6.07, 6.45) is 0.959. The van der Waals surface area contributed by atoms with Crippen LogP contribution >= 0.6 is 0 Å². The molecule has 4 heteroatoms. The van der Waals surface area contributed by atoms with E-state index in [-0.39, 0.29) is 0 Å². The molecule has 0 amide bonds. The van der Waals surface area contributed by atoms with E-state index in [0.29, 0.717) is 0 Å². The minimum Gasteiger partial charge on any atom is -0.496 e. The van der Waals surface area contributed by atoms with Gasteiger partial charge in [0.15, 0.2) is 0 Å². The molecule has 1 heterocycles. The summed E-state index contributed by atoms with van der Waals surface area (Å²) in [6, 6.07) is 10.3. The fraction of sp³-hybridized carbons (Fsp3) is 0.400. The molecule has 0 spiro atoms. The first kappa shape index (κ1) is 13.6. The number of para-hydroxylation sites is 1. The maximum atomic E-state index is 5.34. The zero-order valence-corrected chi connectivity index (χ0v) is 11.8. The van der Waals surface area contributed by atoms with Crippen LogP contribution in [-0.2, 0) is 20.0 Å². The lowest BCUT2D eigenvalue weighted by Crippen LogP contribution is -2.18. The molecule has 1 aromatic heterocycles. The molecule has 1 aromatic carbocycles. The first-order valence-electron chi connectivity index (χ1n) is 6.53. The van der Waals surface area contributed by atoms with E-state index in [1.54, 1.807) is 7.11 Å². The summed E-state index contributed by atoms with van der Waals surface area (Å²) in [7, 11) is 3.69. The van der Waals surface area contributed by atoms with Crippen LogP contribution in [0.15, 0.2) is 30.3 Å². The second-order valence-corrected chi connectivity index (χ2v) is 4.64. The first-order valence-corrected chi connectivity index (χ1v) is 6.53. The van der Waals surface area contributed by atoms with Crippen LogP contribution in [0.25, 0.3) is 0 Å². The lowest BCUT2D eigenvalue weighted by molar-refractivity contribution is 0.409. The molecule has 2 aromatic rings. The van der Waals surface area contributed by atoms with Crippen molar-refractivity contribution in [3.05, 3.63) is 47.3 Å². The lowest BCUT2D eigenvalue weighted by atomic mass is 10.1. The van der Waals surface area contributed by atoms with Crippen molar-refractivity contribution in [3.8, 4) is 5.75 Å². The molecule has 0 bridgehead atoms. The Kier molecular flexibility index (Phi) is 4.58. The van der Waals surface area contributed by atoms with E-state index < -0.39 is 0 Å². The highest BCUT2D eigenvalue weighted by Crippen LogP contribution is 2.17. The molecular formula is C15H21N3O. The van der Waals surface area contributed by atoms with E-state index >= 15 is 0 Å². The van der Waals surface area contributed by atoms with E-state index in [2.05, 4.69) is 22.5 Å². The molecule has 0 saturated carbocycles.